The maximum absolute atomic E-state index is 10.7. The van der Waals surface area contributed by atoms with Crippen molar-refractivity contribution in [3.8, 4) is 17.1 Å². The van der Waals surface area contributed by atoms with Crippen LogP contribution in [0, 0.1) is 0 Å². The Bertz CT molecular complexity index is 495. The zero-order chi connectivity index (χ0) is 11.4. The molecule has 1 aromatic heterocycles. The highest BCUT2D eigenvalue weighted by Gasteiger charge is 2.06. The van der Waals surface area contributed by atoms with Crippen LogP contribution in [0.5, 0.6) is 5.88 Å². The molecule has 80 valence electrons. The van der Waals surface area contributed by atoms with Gasteiger partial charge in [0.1, 0.15) is 0 Å². The van der Waals surface area contributed by atoms with Crippen molar-refractivity contribution in [1.29, 1.82) is 0 Å². The molecule has 1 aromatic carbocycles. The zero-order valence-corrected chi connectivity index (χ0v) is 8.88. The highest BCUT2D eigenvalue weighted by Crippen LogP contribution is 2.21. The van der Waals surface area contributed by atoms with Gasteiger partial charge < -0.3 is 4.74 Å². The number of ether oxygens (including phenoxy) is 1. The van der Waals surface area contributed by atoms with Gasteiger partial charge >= 0.3 is 0 Å². The molecule has 0 aliphatic carbocycles. The van der Waals surface area contributed by atoms with E-state index in [0.717, 1.165) is 17.5 Å². The van der Waals surface area contributed by atoms with Gasteiger partial charge in [-0.25, -0.2) is 4.98 Å². The van der Waals surface area contributed by atoms with E-state index in [1.165, 1.54) is 7.11 Å². The molecule has 0 fully saturated rings. The maximum Gasteiger partial charge on any atom is 0.224 e. The van der Waals surface area contributed by atoms with Crippen molar-refractivity contribution >= 4 is 6.29 Å². The van der Waals surface area contributed by atoms with Crippen LogP contribution in [-0.2, 0) is 0 Å². The van der Waals surface area contributed by atoms with E-state index in [1.54, 1.807) is 6.07 Å². The van der Waals surface area contributed by atoms with Crippen LogP contribution in [-0.4, -0.2) is 18.4 Å². The summed E-state index contributed by atoms with van der Waals surface area (Å²) in [5, 5.41) is 0. The monoisotopic (exact) mass is 213 g/mol. The number of nitrogens with zero attached hydrogens (tertiary/aromatic N) is 1. The Morgan fingerprint density at radius 3 is 2.50 bits per heavy atom. The largest absolute Gasteiger partial charge is 0.480 e. The normalized spacial score (nSPS) is 9.81. The molecule has 0 saturated heterocycles. The first kappa shape index (κ1) is 10.4. The van der Waals surface area contributed by atoms with Gasteiger partial charge in [-0.15, -0.1) is 0 Å². The predicted molar refractivity (Wildman–Crippen MR) is 61.6 cm³/mol. The standard InChI is InChI=1S/C13H11NO2/c1-16-13-11(9-15)7-8-12(14-13)10-5-3-2-4-6-10/h2-9H,1H3. The van der Waals surface area contributed by atoms with Crippen LogP contribution in [0.15, 0.2) is 42.5 Å². The van der Waals surface area contributed by atoms with Crippen molar-refractivity contribution in [3.05, 3.63) is 48.0 Å². The zero-order valence-electron chi connectivity index (χ0n) is 8.88. The van der Waals surface area contributed by atoms with Gasteiger partial charge in [0.15, 0.2) is 6.29 Å². The molecule has 1 heterocycles. The molecule has 0 atom stereocenters. The number of pyridine rings is 1. The molecule has 0 aliphatic rings. The number of hydrogen-bond donors (Lipinski definition) is 0. The highest BCUT2D eigenvalue weighted by molar-refractivity contribution is 5.79. The van der Waals surface area contributed by atoms with Crippen molar-refractivity contribution in [2.45, 2.75) is 0 Å². The van der Waals surface area contributed by atoms with E-state index < -0.39 is 0 Å². The molecule has 2 aromatic rings. The Morgan fingerprint density at radius 1 is 1.12 bits per heavy atom. The van der Waals surface area contributed by atoms with Gasteiger partial charge in [-0.1, -0.05) is 30.3 Å². The number of aldehydes is 1. The molecule has 0 amide bonds. The first-order chi connectivity index (χ1) is 7.85. The average Bonchev–Trinajstić information content (AvgIpc) is 2.39. The van der Waals surface area contributed by atoms with E-state index in [9.17, 15) is 4.79 Å². The van der Waals surface area contributed by atoms with E-state index >= 15 is 0 Å². The first-order valence-corrected chi connectivity index (χ1v) is 4.91. The summed E-state index contributed by atoms with van der Waals surface area (Å²) >= 11 is 0. The van der Waals surface area contributed by atoms with Gasteiger partial charge in [0.25, 0.3) is 0 Å². The second kappa shape index (κ2) is 4.57. The van der Waals surface area contributed by atoms with E-state index in [1.807, 2.05) is 36.4 Å². The summed E-state index contributed by atoms with van der Waals surface area (Å²) in [6.07, 6.45) is 0.737. The van der Waals surface area contributed by atoms with Crippen LogP contribution in [0.2, 0.25) is 0 Å². The number of benzene rings is 1. The minimum Gasteiger partial charge on any atom is -0.480 e. The Labute approximate surface area is 93.7 Å². The first-order valence-electron chi connectivity index (χ1n) is 4.91. The van der Waals surface area contributed by atoms with Crippen molar-refractivity contribution < 1.29 is 9.53 Å². The van der Waals surface area contributed by atoms with Gasteiger partial charge in [0.05, 0.1) is 18.4 Å². The van der Waals surface area contributed by atoms with Crippen LogP contribution in [0.1, 0.15) is 10.4 Å². The van der Waals surface area contributed by atoms with Crippen LogP contribution < -0.4 is 4.74 Å². The fraction of sp³-hybridized carbons (Fsp3) is 0.0769. The number of aromatic nitrogens is 1. The lowest BCUT2D eigenvalue weighted by Crippen LogP contribution is -1.95. The molecule has 0 bridgehead atoms. The SMILES string of the molecule is COc1nc(-c2ccccc2)ccc1C=O. The van der Waals surface area contributed by atoms with Crippen molar-refractivity contribution in [3.63, 3.8) is 0 Å². The van der Waals surface area contributed by atoms with Crippen molar-refractivity contribution in [1.82, 2.24) is 4.98 Å². The van der Waals surface area contributed by atoms with Crippen LogP contribution in [0.25, 0.3) is 11.3 Å². The third-order valence-corrected chi connectivity index (χ3v) is 2.28. The molecular formula is C13H11NO2. The van der Waals surface area contributed by atoms with E-state index in [0.29, 0.717) is 11.4 Å². The highest BCUT2D eigenvalue weighted by atomic mass is 16.5. The fourth-order valence-corrected chi connectivity index (χ4v) is 1.47. The molecule has 0 radical (unpaired) electrons. The van der Waals surface area contributed by atoms with Gasteiger partial charge in [-0.3, -0.25) is 4.79 Å². The lowest BCUT2D eigenvalue weighted by molar-refractivity contribution is 0.112. The average molecular weight is 213 g/mol. The lowest BCUT2D eigenvalue weighted by atomic mass is 10.1. The molecule has 0 aliphatic heterocycles. The van der Waals surface area contributed by atoms with Gasteiger partial charge in [0.2, 0.25) is 5.88 Å². The minimum absolute atomic E-state index is 0.358. The topological polar surface area (TPSA) is 39.2 Å². The summed E-state index contributed by atoms with van der Waals surface area (Å²) in [5.74, 6) is 0.358. The molecule has 3 heteroatoms. The number of carbonyl (C=O) groups excluding carboxylic acids is 1. The third-order valence-electron chi connectivity index (χ3n) is 2.28. The third kappa shape index (κ3) is 1.93. The molecule has 16 heavy (non-hydrogen) atoms. The summed E-state index contributed by atoms with van der Waals surface area (Å²) in [5.41, 5.74) is 2.25. The Hall–Kier alpha value is -2.16. The smallest absolute Gasteiger partial charge is 0.224 e. The molecule has 0 saturated carbocycles. The summed E-state index contributed by atoms with van der Waals surface area (Å²) < 4.78 is 5.06. The summed E-state index contributed by atoms with van der Waals surface area (Å²) in [6, 6.07) is 13.3. The predicted octanol–water partition coefficient (Wildman–Crippen LogP) is 2.57. The van der Waals surface area contributed by atoms with E-state index in [4.69, 9.17) is 4.74 Å². The summed E-state index contributed by atoms with van der Waals surface area (Å²) in [7, 11) is 1.50. The van der Waals surface area contributed by atoms with Gasteiger partial charge in [-0.2, -0.15) is 0 Å². The fourth-order valence-electron chi connectivity index (χ4n) is 1.47. The summed E-state index contributed by atoms with van der Waals surface area (Å²) in [6.45, 7) is 0. The molecule has 0 N–H and O–H groups in total. The molecule has 3 nitrogen and oxygen atoms in total. The summed E-state index contributed by atoms with van der Waals surface area (Å²) in [4.78, 5) is 15.0. The van der Waals surface area contributed by atoms with Crippen molar-refractivity contribution in [2.24, 2.45) is 0 Å². The molecule has 2 rings (SSSR count). The van der Waals surface area contributed by atoms with Crippen LogP contribution >= 0.6 is 0 Å². The number of methoxy groups -OCH3 is 1. The lowest BCUT2D eigenvalue weighted by Gasteiger charge is -2.05. The van der Waals surface area contributed by atoms with Crippen LogP contribution in [0.3, 0.4) is 0 Å². The molecular weight excluding hydrogens is 202 g/mol. The Kier molecular flexibility index (Phi) is 2.96. The molecule has 0 unspecified atom stereocenters. The number of rotatable bonds is 3. The maximum atomic E-state index is 10.7. The number of carbonyl (C=O) groups is 1. The molecule has 0 spiro atoms. The second-order valence-electron chi connectivity index (χ2n) is 3.28. The van der Waals surface area contributed by atoms with Gasteiger partial charge in [-0.05, 0) is 12.1 Å². The second-order valence-corrected chi connectivity index (χ2v) is 3.28. The van der Waals surface area contributed by atoms with E-state index in [-0.39, 0.29) is 0 Å². The van der Waals surface area contributed by atoms with Gasteiger partial charge in [0, 0.05) is 5.56 Å². The Balaban J connectivity index is 2.48. The quantitative estimate of drug-likeness (QED) is 0.735. The van der Waals surface area contributed by atoms with Crippen LogP contribution in [0.4, 0.5) is 0 Å². The van der Waals surface area contributed by atoms with E-state index in [2.05, 4.69) is 4.98 Å². The van der Waals surface area contributed by atoms with Crippen molar-refractivity contribution in [2.75, 3.05) is 7.11 Å². The Morgan fingerprint density at radius 2 is 1.88 bits per heavy atom. The minimum atomic E-state index is 0.358. The number of hydrogen-bond acceptors (Lipinski definition) is 3.